The summed E-state index contributed by atoms with van der Waals surface area (Å²) in [7, 11) is 0. The van der Waals surface area contributed by atoms with Gasteiger partial charge in [0.2, 0.25) is 0 Å². The first-order valence-corrected chi connectivity index (χ1v) is 8.93. The van der Waals surface area contributed by atoms with E-state index in [2.05, 4.69) is 21.8 Å². The minimum atomic E-state index is -0.523. The Labute approximate surface area is 159 Å². The van der Waals surface area contributed by atoms with Crippen molar-refractivity contribution in [1.82, 2.24) is 19.7 Å². The number of Topliss-reactive ketones (excluding diaryl/α,β-unsaturated/α-hetero) is 1. The molecule has 0 radical (unpaired) electrons. The van der Waals surface area contributed by atoms with Crippen LogP contribution in [-0.4, -0.2) is 36.2 Å². The molecule has 2 heterocycles. The van der Waals surface area contributed by atoms with Crippen LogP contribution in [0.1, 0.15) is 10.4 Å². The van der Waals surface area contributed by atoms with Crippen molar-refractivity contribution in [3.8, 4) is 11.4 Å². The SMILES string of the molecule is C=CCn1c(SCC(=O)c2cccc([N+](=O)[O-])c2)nnc1-c1cccnc1. The van der Waals surface area contributed by atoms with Crippen molar-refractivity contribution in [1.29, 1.82) is 0 Å². The van der Waals surface area contributed by atoms with Gasteiger partial charge in [-0.25, -0.2) is 0 Å². The fourth-order valence-electron chi connectivity index (χ4n) is 2.40. The first-order valence-electron chi connectivity index (χ1n) is 7.95. The van der Waals surface area contributed by atoms with Gasteiger partial charge in [0.05, 0.1) is 10.7 Å². The predicted octanol–water partition coefficient (Wildman–Crippen LogP) is 3.41. The zero-order chi connectivity index (χ0) is 19.2. The molecule has 0 aliphatic heterocycles. The standard InChI is InChI=1S/C18H15N5O3S/c1-2-9-22-17(14-6-4-8-19-11-14)20-21-18(22)27-12-16(24)13-5-3-7-15(10-13)23(25)26/h2-8,10-11H,1,9,12H2. The summed E-state index contributed by atoms with van der Waals surface area (Å²) < 4.78 is 1.84. The third-order valence-electron chi connectivity index (χ3n) is 3.66. The zero-order valence-electron chi connectivity index (χ0n) is 14.2. The molecule has 3 aromatic rings. The number of nitrogens with zero attached hydrogens (tertiary/aromatic N) is 5. The highest BCUT2D eigenvalue weighted by Gasteiger charge is 2.17. The lowest BCUT2D eigenvalue weighted by Crippen LogP contribution is -2.06. The van der Waals surface area contributed by atoms with E-state index in [1.165, 1.54) is 30.0 Å². The average molecular weight is 381 g/mol. The van der Waals surface area contributed by atoms with Crippen LogP contribution >= 0.6 is 11.8 Å². The highest BCUT2D eigenvalue weighted by atomic mass is 32.2. The van der Waals surface area contributed by atoms with Crippen LogP contribution in [0.2, 0.25) is 0 Å². The number of rotatable bonds is 8. The molecule has 27 heavy (non-hydrogen) atoms. The van der Waals surface area contributed by atoms with Crippen molar-refractivity contribution in [3.05, 3.63) is 77.1 Å². The zero-order valence-corrected chi connectivity index (χ0v) is 15.0. The molecule has 0 atom stereocenters. The largest absolute Gasteiger partial charge is 0.298 e. The van der Waals surface area contributed by atoms with Crippen molar-refractivity contribution < 1.29 is 9.72 Å². The third-order valence-corrected chi connectivity index (χ3v) is 4.63. The summed E-state index contributed by atoms with van der Waals surface area (Å²) in [6, 6.07) is 9.37. The maximum Gasteiger partial charge on any atom is 0.270 e. The predicted molar refractivity (Wildman–Crippen MR) is 102 cm³/mol. The number of carbonyl (C=O) groups excluding carboxylic acids is 1. The second kappa shape index (κ2) is 8.37. The molecule has 0 N–H and O–H groups in total. The summed E-state index contributed by atoms with van der Waals surface area (Å²) in [6.45, 7) is 4.23. The van der Waals surface area contributed by atoms with Crippen LogP contribution in [-0.2, 0) is 6.54 Å². The lowest BCUT2D eigenvalue weighted by molar-refractivity contribution is -0.384. The van der Waals surface area contributed by atoms with Gasteiger partial charge in [-0.3, -0.25) is 24.5 Å². The number of non-ortho nitro benzene ring substituents is 1. The number of hydrogen-bond donors (Lipinski definition) is 0. The smallest absolute Gasteiger partial charge is 0.270 e. The summed E-state index contributed by atoms with van der Waals surface area (Å²) in [4.78, 5) is 26.8. The summed E-state index contributed by atoms with van der Waals surface area (Å²) >= 11 is 1.22. The summed E-state index contributed by atoms with van der Waals surface area (Å²) in [5.74, 6) is 0.497. The molecule has 0 fully saturated rings. The second-order valence-corrected chi connectivity index (χ2v) is 6.41. The van der Waals surface area contributed by atoms with Crippen molar-refractivity contribution in [2.24, 2.45) is 0 Å². The van der Waals surface area contributed by atoms with Crippen LogP contribution in [0, 0.1) is 10.1 Å². The first-order chi connectivity index (χ1) is 13.1. The molecule has 136 valence electrons. The number of carbonyl (C=O) groups is 1. The van der Waals surface area contributed by atoms with Crippen molar-refractivity contribution in [2.75, 3.05) is 5.75 Å². The van der Waals surface area contributed by atoms with Crippen LogP contribution in [0.3, 0.4) is 0 Å². The Morgan fingerprint density at radius 3 is 2.85 bits per heavy atom. The molecule has 0 aliphatic rings. The highest BCUT2D eigenvalue weighted by molar-refractivity contribution is 7.99. The van der Waals surface area contributed by atoms with E-state index in [-0.39, 0.29) is 17.2 Å². The third kappa shape index (κ3) is 4.26. The van der Waals surface area contributed by atoms with E-state index < -0.39 is 4.92 Å². The van der Waals surface area contributed by atoms with E-state index in [1.54, 1.807) is 30.6 Å². The Kier molecular flexibility index (Phi) is 5.72. The van der Waals surface area contributed by atoms with Crippen LogP contribution in [0.25, 0.3) is 11.4 Å². The molecule has 2 aromatic heterocycles. The van der Waals surface area contributed by atoms with Gasteiger partial charge in [-0.05, 0) is 12.1 Å². The van der Waals surface area contributed by atoms with Gasteiger partial charge in [0.1, 0.15) is 0 Å². The van der Waals surface area contributed by atoms with E-state index >= 15 is 0 Å². The van der Waals surface area contributed by atoms with E-state index in [0.717, 1.165) is 5.56 Å². The topological polar surface area (TPSA) is 104 Å². The normalized spacial score (nSPS) is 10.5. The van der Waals surface area contributed by atoms with Gasteiger partial charge in [-0.1, -0.05) is 30.0 Å². The Morgan fingerprint density at radius 2 is 2.15 bits per heavy atom. The molecule has 0 unspecified atom stereocenters. The first kappa shape index (κ1) is 18.5. The Balaban J connectivity index is 1.79. The Bertz CT molecular complexity index is 988. The Hall–Kier alpha value is -3.33. The highest BCUT2D eigenvalue weighted by Crippen LogP contribution is 2.24. The van der Waals surface area contributed by atoms with Crippen LogP contribution in [0.15, 0.2) is 66.6 Å². The van der Waals surface area contributed by atoms with Gasteiger partial charge < -0.3 is 0 Å². The van der Waals surface area contributed by atoms with Crippen molar-refractivity contribution >= 4 is 23.2 Å². The lowest BCUT2D eigenvalue weighted by atomic mass is 10.1. The number of hydrogen-bond acceptors (Lipinski definition) is 7. The molecule has 9 heteroatoms. The molecule has 0 spiro atoms. The molecule has 0 bridgehead atoms. The number of thioether (sulfide) groups is 1. The van der Waals surface area contributed by atoms with Gasteiger partial charge in [0.15, 0.2) is 16.8 Å². The van der Waals surface area contributed by atoms with Crippen LogP contribution in [0.4, 0.5) is 5.69 Å². The number of allylic oxidation sites excluding steroid dienone is 1. The molecule has 0 saturated heterocycles. The number of aromatic nitrogens is 4. The van der Waals surface area contributed by atoms with Gasteiger partial charge >= 0.3 is 0 Å². The minimum absolute atomic E-state index is 0.0868. The number of nitro groups is 1. The summed E-state index contributed by atoms with van der Waals surface area (Å²) in [5.41, 5.74) is 0.988. The number of benzene rings is 1. The van der Waals surface area contributed by atoms with Crippen LogP contribution in [0.5, 0.6) is 0 Å². The monoisotopic (exact) mass is 381 g/mol. The van der Waals surface area contributed by atoms with Gasteiger partial charge in [0.25, 0.3) is 5.69 Å². The number of nitro benzene ring substituents is 1. The van der Waals surface area contributed by atoms with Crippen molar-refractivity contribution in [3.63, 3.8) is 0 Å². The lowest BCUT2D eigenvalue weighted by Gasteiger charge is -2.07. The van der Waals surface area contributed by atoms with E-state index in [1.807, 2.05) is 10.6 Å². The number of pyridine rings is 1. The maximum absolute atomic E-state index is 12.4. The molecule has 0 amide bonds. The van der Waals surface area contributed by atoms with Crippen molar-refractivity contribution in [2.45, 2.75) is 11.7 Å². The molecule has 3 rings (SSSR count). The minimum Gasteiger partial charge on any atom is -0.298 e. The molecular weight excluding hydrogens is 366 g/mol. The fraction of sp³-hybridized carbons (Fsp3) is 0.111. The molecule has 0 aliphatic carbocycles. The van der Waals surface area contributed by atoms with E-state index in [0.29, 0.717) is 23.1 Å². The van der Waals surface area contributed by atoms with Crippen LogP contribution < -0.4 is 0 Å². The molecular formula is C18H15N5O3S. The maximum atomic E-state index is 12.4. The summed E-state index contributed by atoms with van der Waals surface area (Å²) in [5, 5.41) is 19.8. The van der Waals surface area contributed by atoms with Gasteiger partial charge in [0, 0.05) is 42.2 Å². The van der Waals surface area contributed by atoms with Gasteiger partial charge in [-0.2, -0.15) is 0 Å². The van der Waals surface area contributed by atoms with E-state index in [9.17, 15) is 14.9 Å². The molecule has 8 nitrogen and oxygen atoms in total. The Morgan fingerprint density at radius 1 is 1.30 bits per heavy atom. The number of ketones is 1. The van der Waals surface area contributed by atoms with Gasteiger partial charge in [-0.15, -0.1) is 16.8 Å². The molecule has 1 aromatic carbocycles. The molecule has 0 saturated carbocycles. The quantitative estimate of drug-likeness (QED) is 0.194. The van der Waals surface area contributed by atoms with E-state index in [4.69, 9.17) is 0 Å². The fourth-order valence-corrected chi connectivity index (χ4v) is 3.25. The second-order valence-electron chi connectivity index (χ2n) is 5.47. The summed E-state index contributed by atoms with van der Waals surface area (Å²) in [6.07, 6.45) is 5.08. The average Bonchev–Trinajstić information content (AvgIpc) is 3.10.